The highest BCUT2D eigenvalue weighted by Gasteiger charge is 2.26. The van der Waals surface area contributed by atoms with Gasteiger partial charge in [-0.05, 0) is 58.2 Å². The van der Waals surface area contributed by atoms with Crippen molar-refractivity contribution in [2.75, 3.05) is 20.1 Å². The number of nitrogens with zero attached hydrogens (tertiary/aromatic N) is 1. The van der Waals surface area contributed by atoms with Crippen LogP contribution in [0.25, 0.3) is 0 Å². The van der Waals surface area contributed by atoms with Crippen LogP contribution in [0.5, 0.6) is 0 Å². The monoisotopic (exact) mass is 240 g/mol. The van der Waals surface area contributed by atoms with E-state index in [1.165, 1.54) is 45.2 Å². The number of likely N-dealkylation sites (N-methyl/N-ethyl adjacent to an activating group) is 1. The van der Waals surface area contributed by atoms with Gasteiger partial charge in [0.1, 0.15) is 0 Å². The zero-order valence-electron chi connectivity index (χ0n) is 12.6. The fourth-order valence-corrected chi connectivity index (χ4v) is 2.87. The van der Waals surface area contributed by atoms with Gasteiger partial charge in [0.2, 0.25) is 0 Å². The highest BCUT2D eigenvalue weighted by atomic mass is 15.2. The molecule has 0 radical (unpaired) electrons. The Morgan fingerprint density at radius 1 is 1.29 bits per heavy atom. The molecule has 0 aromatic carbocycles. The first-order chi connectivity index (χ1) is 7.94. The van der Waals surface area contributed by atoms with E-state index in [0.717, 1.165) is 6.04 Å². The molecule has 1 N–H and O–H groups in total. The second kappa shape index (κ2) is 6.75. The number of hydrogen-bond acceptors (Lipinski definition) is 2. The molecule has 17 heavy (non-hydrogen) atoms. The molecule has 0 spiro atoms. The van der Waals surface area contributed by atoms with Gasteiger partial charge >= 0.3 is 0 Å². The number of nitrogens with one attached hydrogen (secondary N) is 1. The van der Waals surface area contributed by atoms with E-state index < -0.39 is 0 Å². The Kier molecular flexibility index (Phi) is 5.94. The zero-order chi connectivity index (χ0) is 12.9. The largest absolute Gasteiger partial charge is 0.316 e. The van der Waals surface area contributed by atoms with E-state index in [4.69, 9.17) is 0 Å². The summed E-state index contributed by atoms with van der Waals surface area (Å²) < 4.78 is 0. The van der Waals surface area contributed by atoms with Gasteiger partial charge in [0.05, 0.1) is 0 Å². The van der Waals surface area contributed by atoms with Crippen LogP contribution >= 0.6 is 0 Å². The van der Waals surface area contributed by atoms with Crippen LogP contribution in [0.3, 0.4) is 0 Å². The molecule has 0 saturated carbocycles. The average molecular weight is 240 g/mol. The van der Waals surface area contributed by atoms with Gasteiger partial charge in [-0.15, -0.1) is 0 Å². The number of hydrogen-bond donors (Lipinski definition) is 1. The second-order valence-corrected chi connectivity index (χ2v) is 6.84. The smallest absolute Gasteiger partial charge is 0.0246 e. The van der Waals surface area contributed by atoms with Gasteiger partial charge < -0.3 is 5.32 Å². The summed E-state index contributed by atoms with van der Waals surface area (Å²) >= 11 is 0. The fourth-order valence-electron chi connectivity index (χ4n) is 2.87. The highest BCUT2D eigenvalue weighted by Crippen LogP contribution is 2.24. The van der Waals surface area contributed by atoms with Crippen molar-refractivity contribution in [2.45, 2.75) is 71.9 Å². The minimum absolute atomic E-state index is 0.486. The predicted molar refractivity (Wildman–Crippen MR) is 76.4 cm³/mol. The number of piperidine rings is 1. The van der Waals surface area contributed by atoms with Crippen molar-refractivity contribution >= 4 is 0 Å². The van der Waals surface area contributed by atoms with Crippen molar-refractivity contribution in [1.82, 2.24) is 10.2 Å². The van der Waals surface area contributed by atoms with E-state index in [1.54, 1.807) is 0 Å². The summed E-state index contributed by atoms with van der Waals surface area (Å²) in [6.07, 6.45) is 6.85. The zero-order valence-corrected chi connectivity index (χ0v) is 12.6. The van der Waals surface area contributed by atoms with E-state index in [0.29, 0.717) is 11.5 Å². The van der Waals surface area contributed by atoms with Crippen LogP contribution in [-0.2, 0) is 0 Å². The second-order valence-electron chi connectivity index (χ2n) is 6.84. The molecule has 0 aromatic heterocycles. The van der Waals surface area contributed by atoms with Gasteiger partial charge in [-0.3, -0.25) is 4.90 Å². The molecule has 2 atom stereocenters. The van der Waals surface area contributed by atoms with Gasteiger partial charge in [-0.1, -0.05) is 27.2 Å². The van der Waals surface area contributed by atoms with Crippen LogP contribution in [0.1, 0.15) is 59.8 Å². The first kappa shape index (κ1) is 15.0. The van der Waals surface area contributed by atoms with E-state index >= 15 is 0 Å². The molecule has 2 unspecified atom stereocenters. The van der Waals surface area contributed by atoms with Gasteiger partial charge in [0, 0.05) is 12.1 Å². The molecule has 2 nitrogen and oxygen atoms in total. The van der Waals surface area contributed by atoms with Gasteiger partial charge in [0.15, 0.2) is 0 Å². The number of likely N-dealkylation sites (tertiary alicyclic amines) is 1. The lowest BCUT2D eigenvalue weighted by molar-refractivity contribution is 0.115. The number of rotatable bonds is 5. The molecule has 0 amide bonds. The molecule has 102 valence electrons. The van der Waals surface area contributed by atoms with E-state index in [1.807, 2.05) is 0 Å². The molecule has 2 heteroatoms. The van der Waals surface area contributed by atoms with Crippen molar-refractivity contribution in [3.8, 4) is 0 Å². The summed E-state index contributed by atoms with van der Waals surface area (Å²) in [6.45, 7) is 12.0. The molecular weight excluding hydrogens is 208 g/mol. The standard InChI is InChI=1S/C15H32N2/c1-13(16-5)14-9-6-7-11-17(14)12-8-10-15(2,3)4/h13-14,16H,6-12H2,1-5H3. The molecule has 0 aromatic rings. The lowest BCUT2D eigenvalue weighted by atomic mass is 9.89. The van der Waals surface area contributed by atoms with Crippen molar-refractivity contribution in [3.05, 3.63) is 0 Å². The highest BCUT2D eigenvalue weighted by molar-refractivity contribution is 4.84. The van der Waals surface area contributed by atoms with Gasteiger partial charge in [-0.25, -0.2) is 0 Å². The summed E-state index contributed by atoms with van der Waals surface area (Å²) in [5.74, 6) is 0. The summed E-state index contributed by atoms with van der Waals surface area (Å²) in [4.78, 5) is 2.72. The van der Waals surface area contributed by atoms with E-state index in [9.17, 15) is 0 Å². The van der Waals surface area contributed by atoms with Gasteiger partial charge in [-0.2, -0.15) is 0 Å². The summed E-state index contributed by atoms with van der Waals surface area (Å²) in [5.41, 5.74) is 0.486. The Morgan fingerprint density at radius 3 is 2.59 bits per heavy atom. The normalized spacial score (nSPS) is 24.9. The molecule has 1 aliphatic rings. The maximum Gasteiger partial charge on any atom is 0.0246 e. The summed E-state index contributed by atoms with van der Waals surface area (Å²) in [5, 5.41) is 3.43. The topological polar surface area (TPSA) is 15.3 Å². The first-order valence-corrected chi connectivity index (χ1v) is 7.35. The van der Waals surface area contributed by atoms with Crippen LogP contribution in [0.15, 0.2) is 0 Å². The lowest BCUT2D eigenvalue weighted by Crippen LogP contribution is -2.50. The van der Waals surface area contributed by atoms with Crippen LogP contribution in [-0.4, -0.2) is 37.1 Å². The third-order valence-electron chi connectivity index (χ3n) is 4.07. The Morgan fingerprint density at radius 2 is 2.00 bits per heavy atom. The maximum atomic E-state index is 3.43. The Balaban J connectivity index is 2.38. The first-order valence-electron chi connectivity index (χ1n) is 7.35. The third-order valence-corrected chi connectivity index (χ3v) is 4.07. The minimum Gasteiger partial charge on any atom is -0.316 e. The average Bonchev–Trinajstić information content (AvgIpc) is 2.27. The summed E-state index contributed by atoms with van der Waals surface area (Å²) in [6, 6.07) is 1.39. The third kappa shape index (κ3) is 5.39. The Bertz CT molecular complexity index is 207. The van der Waals surface area contributed by atoms with Crippen molar-refractivity contribution in [3.63, 3.8) is 0 Å². The van der Waals surface area contributed by atoms with Crippen molar-refractivity contribution < 1.29 is 0 Å². The molecule has 1 saturated heterocycles. The van der Waals surface area contributed by atoms with Crippen LogP contribution in [0.4, 0.5) is 0 Å². The fraction of sp³-hybridized carbons (Fsp3) is 1.00. The molecule has 1 aliphatic heterocycles. The minimum atomic E-state index is 0.486. The van der Waals surface area contributed by atoms with Crippen molar-refractivity contribution in [2.24, 2.45) is 5.41 Å². The molecule has 0 aliphatic carbocycles. The maximum absolute atomic E-state index is 3.43. The van der Waals surface area contributed by atoms with E-state index in [2.05, 4.69) is 45.0 Å². The molecule has 1 heterocycles. The van der Waals surface area contributed by atoms with E-state index in [-0.39, 0.29) is 0 Å². The van der Waals surface area contributed by atoms with Crippen LogP contribution < -0.4 is 5.32 Å². The molecular formula is C15H32N2. The van der Waals surface area contributed by atoms with Gasteiger partial charge in [0.25, 0.3) is 0 Å². The quantitative estimate of drug-likeness (QED) is 0.793. The molecule has 1 rings (SSSR count). The lowest BCUT2D eigenvalue weighted by Gasteiger charge is -2.39. The predicted octanol–water partition coefficient (Wildman–Crippen LogP) is 3.28. The molecule has 1 fully saturated rings. The van der Waals surface area contributed by atoms with Crippen LogP contribution in [0, 0.1) is 5.41 Å². The van der Waals surface area contributed by atoms with Crippen LogP contribution in [0.2, 0.25) is 0 Å². The Labute approximate surface area is 108 Å². The SMILES string of the molecule is CNC(C)C1CCCCN1CCCC(C)(C)C. The Hall–Kier alpha value is -0.0800. The summed E-state index contributed by atoms with van der Waals surface area (Å²) in [7, 11) is 2.09. The van der Waals surface area contributed by atoms with Crippen molar-refractivity contribution in [1.29, 1.82) is 0 Å². The molecule has 0 bridgehead atoms.